The molecule has 1 N–H and O–H groups in total. The van der Waals surface area contributed by atoms with E-state index in [9.17, 15) is 4.79 Å². The van der Waals surface area contributed by atoms with E-state index in [4.69, 9.17) is 5.11 Å². The van der Waals surface area contributed by atoms with Crippen LogP contribution < -0.4 is 0 Å². The average molecular weight is 224 g/mol. The molecule has 15 heavy (non-hydrogen) atoms. The highest BCUT2D eigenvalue weighted by Gasteiger charge is 2.21. The van der Waals surface area contributed by atoms with Gasteiger partial charge in [0.2, 0.25) is 0 Å². The minimum absolute atomic E-state index is 0.0781. The number of aromatic carboxylic acids is 1. The van der Waals surface area contributed by atoms with Crippen molar-refractivity contribution in [3.05, 3.63) is 18.1 Å². The van der Waals surface area contributed by atoms with Crippen LogP contribution in [0.3, 0.4) is 0 Å². The SMILES string of the molecule is O=C(O)c1nccnc1SC1CCCC1. The quantitative estimate of drug-likeness (QED) is 0.852. The van der Waals surface area contributed by atoms with Gasteiger partial charge in [0.25, 0.3) is 0 Å². The van der Waals surface area contributed by atoms with Crippen LogP contribution in [0.1, 0.15) is 36.2 Å². The highest BCUT2D eigenvalue weighted by Crippen LogP contribution is 2.34. The molecule has 0 amide bonds. The number of thioether (sulfide) groups is 1. The van der Waals surface area contributed by atoms with E-state index in [-0.39, 0.29) is 5.69 Å². The number of rotatable bonds is 3. The van der Waals surface area contributed by atoms with Crippen molar-refractivity contribution in [1.82, 2.24) is 9.97 Å². The minimum atomic E-state index is -0.997. The van der Waals surface area contributed by atoms with Crippen molar-refractivity contribution in [2.45, 2.75) is 36.0 Å². The number of carbonyl (C=O) groups is 1. The molecule has 2 rings (SSSR count). The molecule has 1 aliphatic carbocycles. The fraction of sp³-hybridized carbons (Fsp3) is 0.500. The molecule has 0 saturated heterocycles. The van der Waals surface area contributed by atoms with Crippen molar-refractivity contribution < 1.29 is 9.90 Å². The van der Waals surface area contributed by atoms with Gasteiger partial charge < -0.3 is 5.11 Å². The Morgan fingerprint density at radius 1 is 1.33 bits per heavy atom. The zero-order valence-corrected chi connectivity index (χ0v) is 9.04. The van der Waals surface area contributed by atoms with Gasteiger partial charge in [-0.3, -0.25) is 0 Å². The van der Waals surface area contributed by atoms with Gasteiger partial charge in [-0.05, 0) is 12.8 Å². The largest absolute Gasteiger partial charge is 0.476 e. The molecule has 0 bridgehead atoms. The molecule has 0 aliphatic heterocycles. The molecular weight excluding hydrogens is 212 g/mol. The maximum Gasteiger partial charge on any atom is 0.357 e. The molecule has 0 aromatic carbocycles. The molecule has 1 aliphatic rings. The fourth-order valence-corrected chi connectivity index (χ4v) is 2.98. The maximum absolute atomic E-state index is 10.9. The van der Waals surface area contributed by atoms with E-state index >= 15 is 0 Å². The van der Waals surface area contributed by atoms with E-state index in [0.717, 1.165) is 12.8 Å². The second kappa shape index (κ2) is 4.61. The lowest BCUT2D eigenvalue weighted by molar-refractivity contribution is 0.0685. The van der Waals surface area contributed by atoms with Gasteiger partial charge in [0.05, 0.1) is 0 Å². The first-order chi connectivity index (χ1) is 7.27. The summed E-state index contributed by atoms with van der Waals surface area (Å²) in [4.78, 5) is 18.8. The summed E-state index contributed by atoms with van der Waals surface area (Å²) in [5.74, 6) is -0.997. The molecule has 1 aromatic rings. The Bertz CT molecular complexity index is 364. The van der Waals surface area contributed by atoms with E-state index in [1.165, 1.54) is 19.0 Å². The summed E-state index contributed by atoms with van der Waals surface area (Å²) in [5.41, 5.74) is 0.0781. The first-order valence-corrected chi connectivity index (χ1v) is 5.86. The van der Waals surface area contributed by atoms with Gasteiger partial charge in [0.15, 0.2) is 5.69 Å². The molecule has 1 aromatic heterocycles. The number of carboxylic acid groups (broad SMARTS) is 1. The van der Waals surface area contributed by atoms with Crippen LogP contribution in [0.2, 0.25) is 0 Å². The predicted molar refractivity (Wildman–Crippen MR) is 57.1 cm³/mol. The molecule has 0 unspecified atom stereocenters. The molecule has 4 nitrogen and oxygen atoms in total. The molecule has 1 saturated carbocycles. The normalized spacial score (nSPS) is 16.8. The Morgan fingerprint density at radius 2 is 2.00 bits per heavy atom. The van der Waals surface area contributed by atoms with Gasteiger partial charge in [-0.2, -0.15) is 0 Å². The number of hydrogen-bond acceptors (Lipinski definition) is 4. The van der Waals surface area contributed by atoms with Crippen LogP contribution in [-0.4, -0.2) is 26.3 Å². The number of nitrogens with zero attached hydrogens (tertiary/aromatic N) is 2. The molecule has 5 heteroatoms. The van der Waals surface area contributed by atoms with E-state index in [2.05, 4.69) is 9.97 Å². The van der Waals surface area contributed by atoms with E-state index in [1.54, 1.807) is 18.0 Å². The first-order valence-electron chi connectivity index (χ1n) is 4.98. The van der Waals surface area contributed by atoms with Crippen molar-refractivity contribution in [3.63, 3.8) is 0 Å². The Morgan fingerprint density at radius 3 is 2.67 bits per heavy atom. The fourth-order valence-electron chi connectivity index (χ4n) is 1.72. The van der Waals surface area contributed by atoms with Gasteiger partial charge in [-0.1, -0.05) is 12.8 Å². The number of aromatic nitrogens is 2. The van der Waals surface area contributed by atoms with Crippen LogP contribution >= 0.6 is 11.8 Å². The summed E-state index contributed by atoms with van der Waals surface area (Å²) in [5, 5.41) is 9.99. The maximum atomic E-state index is 10.9. The Hall–Kier alpha value is -1.10. The zero-order valence-electron chi connectivity index (χ0n) is 8.22. The smallest absolute Gasteiger partial charge is 0.357 e. The third-order valence-electron chi connectivity index (χ3n) is 2.45. The molecule has 1 heterocycles. The van der Waals surface area contributed by atoms with Gasteiger partial charge in [-0.15, -0.1) is 11.8 Å². The summed E-state index contributed by atoms with van der Waals surface area (Å²) in [6.45, 7) is 0. The lowest BCUT2D eigenvalue weighted by Crippen LogP contribution is -2.06. The lowest BCUT2D eigenvalue weighted by atomic mass is 10.4. The monoisotopic (exact) mass is 224 g/mol. The summed E-state index contributed by atoms with van der Waals surface area (Å²) in [6, 6.07) is 0. The first kappa shape index (κ1) is 10.4. The van der Waals surface area contributed by atoms with Crippen LogP contribution in [0.15, 0.2) is 17.4 Å². The summed E-state index contributed by atoms with van der Waals surface area (Å²) >= 11 is 1.55. The highest BCUT2D eigenvalue weighted by molar-refractivity contribution is 7.99. The van der Waals surface area contributed by atoms with E-state index in [0.29, 0.717) is 10.3 Å². The van der Waals surface area contributed by atoms with E-state index < -0.39 is 5.97 Å². The highest BCUT2D eigenvalue weighted by atomic mass is 32.2. The van der Waals surface area contributed by atoms with Crippen LogP contribution in [0.25, 0.3) is 0 Å². The Kier molecular flexibility index (Phi) is 3.20. The molecule has 80 valence electrons. The van der Waals surface area contributed by atoms with Crippen LogP contribution in [0, 0.1) is 0 Å². The molecule has 0 radical (unpaired) electrons. The average Bonchev–Trinajstić information content (AvgIpc) is 2.71. The summed E-state index contributed by atoms with van der Waals surface area (Å²) < 4.78 is 0. The second-order valence-corrected chi connectivity index (χ2v) is 4.83. The summed E-state index contributed by atoms with van der Waals surface area (Å²) in [6.07, 6.45) is 7.74. The topological polar surface area (TPSA) is 63.1 Å². The standard InChI is InChI=1S/C10H12N2O2S/c13-10(14)8-9(12-6-5-11-8)15-7-3-1-2-4-7/h5-7H,1-4H2,(H,13,14). The van der Waals surface area contributed by atoms with Gasteiger partial charge in [0.1, 0.15) is 5.03 Å². The van der Waals surface area contributed by atoms with Crippen molar-refractivity contribution in [1.29, 1.82) is 0 Å². The third-order valence-corrected chi connectivity index (χ3v) is 3.77. The molecular formula is C10H12N2O2S. The van der Waals surface area contributed by atoms with E-state index in [1.807, 2.05) is 0 Å². The summed E-state index contributed by atoms with van der Waals surface area (Å²) in [7, 11) is 0. The van der Waals surface area contributed by atoms with Crippen molar-refractivity contribution in [3.8, 4) is 0 Å². The third kappa shape index (κ3) is 2.47. The van der Waals surface area contributed by atoms with Gasteiger partial charge >= 0.3 is 5.97 Å². The lowest BCUT2D eigenvalue weighted by Gasteiger charge is -2.08. The Labute approximate surface area is 92.1 Å². The molecule has 0 atom stereocenters. The van der Waals surface area contributed by atoms with Gasteiger partial charge in [0, 0.05) is 17.6 Å². The number of carboxylic acids is 1. The Balaban J connectivity index is 2.15. The van der Waals surface area contributed by atoms with Crippen molar-refractivity contribution in [2.24, 2.45) is 0 Å². The zero-order chi connectivity index (χ0) is 10.7. The van der Waals surface area contributed by atoms with Crippen molar-refractivity contribution >= 4 is 17.7 Å². The van der Waals surface area contributed by atoms with Crippen LogP contribution in [0.5, 0.6) is 0 Å². The number of hydrogen-bond donors (Lipinski definition) is 1. The predicted octanol–water partition coefficient (Wildman–Crippen LogP) is 2.21. The van der Waals surface area contributed by atoms with Crippen LogP contribution in [0.4, 0.5) is 0 Å². The van der Waals surface area contributed by atoms with Crippen molar-refractivity contribution in [2.75, 3.05) is 0 Å². The molecule has 0 spiro atoms. The second-order valence-electron chi connectivity index (χ2n) is 3.54. The molecule has 1 fully saturated rings. The van der Waals surface area contributed by atoms with Gasteiger partial charge in [-0.25, -0.2) is 14.8 Å². The minimum Gasteiger partial charge on any atom is -0.476 e. The van der Waals surface area contributed by atoms with Crippen LogP contribution in [-0.2, 0) is 0 Å².